The highest BCUT2D eigenvalue weighted by atomic mass is 15.3. The third-order valence-electron chi connectivity index (χ3n) is 3.61. The Balaban J connectivity index is 1.83. The Bertz CT molecular complexity index is 726. The number of hydrogen-bond acceptors (Lipinski definition) is 3. The fourth-order valence-corrected chi connectivity index (χ4v) is 2.36. The largest absolute Gasteiger partial charge is 0.376 e. The van der Waals surface area contributed by atoms with E-state index in [1.54, 1.807) is 0 Å². The first kappa shape index (κ1) is 13.4. The topological polar surface area (TPSA) is 47.7 Å². The van der Waals surface area contributed by atoms with E-state index in [1.807, 2.05) is 65.3 Å². The Morgan fingerprint density at radius 2 is 1.86 bits per heavy atom. The van der Waals surface area contributed by atoms with Crippen LogP contribution >= 0.6 is 0 Å². The summed E-state index contributed by atoms with van der Waals surface area (Å²) in [6.45, 7) is 4.19. The van der Waals surface area contributed by atoms with Gasteiger partial charge in [-0.1, -0.05) is 18.2 Å². The Morgan fingerprint density at radius 3 is 2.52 bits per heavy atom. The van der Waals surface area contributed by atoms with Crippen LogP contribution in [0.3, 0.4) is 0 Å². The predicted octanol–water partition coefficient (Wildman–Crippen LogP) is 3.09. The maximum absolute atomic E-state index is 4.47. The van der Waals surface area contributed by atoms with Crippen molar-refractivity contribution >= 4 is 5.69 Å². The van der Waals surface area contributed by atoms with Gasteiger partial charge in [0.2, 0.25) is 0 Å². The molecule has 1 unspecified atom stereocenters. The maximum Gasteiger partial charge on any atom is 0.0765 e. The second kappa shape index (κ2) is 5.44. The van der Waals surface area contributed by atoms with Crippen molar-refractivity contribution in [3.05, 3.63) is 60.2 Å². The quantitative estimate of drug-likeness (QED) is 0.799. The molecule has 2 aromatic heterocycles. The lowest BCUT2D eigenvalue weighted by molar-refractivity contribution is 0.765. The summed E-state index contributed by atoms with van der Waals surface area (Å²) in [6.07, 6.45) is 5.78. The molecule has 1 atom stereocenters. The summed E-state index contributed by atoms with van der Waals surface area (Å²) in [5, 5.41) is 12.2. The highest BCUT2D eigenvalue weighted by Gasteiger charge is 2.12. The Labute approximate surface area is 124 Å². The van der Waals surface area contributed by atoms with Crippen molar-refractivity contribution in [2.45, 2.75) is 19.9 Å². The van der Waals surface area contributed by atoms with Crippen molar-refractivity contribution in [3.8, 4) is 5.69 Å². The molecule has 1 N–H and O–H groups in total. The fourth-order valence-electron chi connectivity index (χ4n) is 2.36. The van der Waals surface area contributed by atoms with Gasteiger partial charge in [-0.05, 0) is 26.0 Å². The average Bonchev–Trinajstić information content (AvgIpc) is 3.07. The predicted molar refractivity (Wildman–Crippen MR) is 83.5 cm³/mol. The zero-order valence-corrected chi connectivity index (χ0v) is 12.5. The highest BCUT2D eigenvalue weighted by Crippen LogP contribution is 2.23. The van der Waals surface area contributed by atoms with Crippen LogP contribution in [0.2, 0.25) is 0 Å². The Kier molecular flexibility index (Phi) is 3.48. The van der Waals surface area contributed by atoms with Gasteiger partial charge in [0.15, 0.2) is 0 Å². The fraction of sp³-hybridized carbons (Fsp3) is 0.250. The van der Waals surface area contributed by atoms with Crippen LogP contribution < -0.4 is 5.32 Å². The lowest BCUT2D eigenvalue weighted by atomic mass is 10.2. The number of aryl methyl sites for hydroxylation is 1. The highest BCUT2D eigenvalue weighted by molar-refractivity contribution is 5.50. The smallest absolute Gasteiger partial charge is 0.0765 e. The van der Waals surface area contributed by atoms with E-state index in [0.29, 0.717) is 0 Å². The SMILES string of the molecule is Cc1c(NC(C)c2cnn(C)c2)cnn1-c1ccccc1. The molecule has 0 radical (unpaired) electrons. The van der Waals surface area contributed by atoms with Crippen molar-refractivity contribution in [3.63, 3.8) is 0 Å². The van der Waals surface area contributed by atoms with Gasteiger partial charge in [-0.25, -0.2) is 4.68 Å². The molecular formula is C16H19N5. The molecule has 0 aliphatic heterocycles. The first-order valence-electron chi connectivity index (χ1n) is 7.00. The van der Waals surface area contributed by atoms with Gasteiger partial charge < -0.3 is 5.32 Å². The van der Waals surface area contributed by atoms with Crippen LogP contribution in [0, 0.1) is 6.92 Å². The normalized spacial score (nSPS) is 12.3. The molecule has 0 aliphatic rings. The number of anilines is 1. The molecule has 0 fully saturated rings. The molecule has 0 spiro atoms. The van der Waals surface area contributed by atoms with Crippen molar-refractivity contribution < 1.29 is 0 Å². The van der Waals surface area contributed by atoms with Gasteiger partial charge in [0.1, 0.15) is 0 Å². The maximum atomic E-state index is 4.47. The standard InChI is InChI=1S/C16H19N5/c1-12(14-9-17-20(3)11-14)19-16-10-18-21(13(16)2)15-7-5-4-6-8-15/h4-12,19H,1-3H3. The summed E-state index contributed by atoms with van der Waals surface area (Å²) in [5.41, 5.74) is 4.36. The van der Waals surface area contributed by atoms with E-state index >= 15 is 0 Å². The van der Waals surface area contributed by atoms with Crippen LogP contribution in [0.1, 0.15) is 24.2 Å². The second-order valence-corrected chi connectivity index (χ2v) is 5.20. The number of nitrogens with one attached hydrogen (secondary N) is 1. The molecule has 0 aliphatic carbocycles. The number of aromatic nitrogens is 4. The zero-order valence-electron chi connectivity index (χ0n) is 12.5. The zero-order chi connectivity index (χ0) is 14.8. The molecule has 0 amide bonds. The third kappa shape index (κ3) is 2.67. The van der Waals surface area contributed by atoms with Crippen LogP contribution in [-0.2, 0) is 7.05 Å². The minimum Gasteiger partial charge on any atom is -0.376 e. The summed E-state index contributed by atoms with van der Waals surface area (Å²) in [5.74, 6) is 0. The second-order valence-electron chi connectivity index (χ2n) is 5.20. The van der Waals surface area contributed by atoms with Crippen LogP contribution in [0.25, 0.3) is 5.69 Å². The van der Waals surface area contributed by atoms with Gasteiger partial charge in [-0.15, -0.1) is 0 Å². The minimum absolute atomic E-state index is 0.186. The van der Waals surface area contributed by atoms with Gasteiger partial charge >= 0.3 is 0 Å². The van der Waals surface area contributed by atoms with Crippen LogP contribution in [0.15, 0.2) is 48.9 Å². The summed E-state index contributed by atoms with van der Waals surface area (Å²) >= 11 is 0. The van der Waals surface area contributed by atoms with Crippen LogP contribution in [0.5, 0.6) is 0 Å². The van der Waals surface area contributed by atoms with E-state index in [9.17, 15) is 0 Å². The Hall–Kier alpha value is -2.56. The number of rotatable bonds is 4. The number of benzene rings is 1. The molecule has 0 saturated heterocycles. The van der Waals surface area contributed by atoms with Gasteiger partial charge in [-0.3, -0.25) is 4.68 Å². The lowest BCUT2D eigenvalue weighted by Gasteiger charge is -2.13. The summed E-state index contributed by atoms with van der Waals surface area (Å²) in [4.78, 5) is 0. The molecule has 108 valence electrons. The minimum atomic E-state index is 0.186. The lowest BCUT2D eigenvalue weighted by Crippen LogP contribution is -2.07. The van der Waals surface area contributed by atoms with Gasteiger partial charge in [0, 0.05) is 18.8 Å². The summed E-state index contributed by atoms with van der Waals surface area (Å²) in [7, 11) is 1.93. The molecule has 1 aromatic carbocycles. The molecule has 0 saturated carbocycles. The number of hydrogen-bond donors (Lipinski definition) is 1. The monoisotopic (exact) mass is 281 g/mol. The van der Waals surface area contributed by atoms with Crippen molar-refractivity contribution in [1.82, 2.24) is 19.6 Å². The molecule has 2 heterocycles. The summed E-state index contributed by atoms with van der Waals surface area (Å²) in [6, 6.07) is 10.3. The van der Waals surface area contributed by atoms with E-state index in [1.165, 1.54) is 0 Å². The van der Waals surface area contributed by atoms with Gasteiger partial charge in [-0.2, -0.15) is 10.2 Å². The molecular weight excluding hydrogens is 262 g/mol. The van der Waals surface area contributed by atoms with Gasteiger partial charge in [0.25, 0.3) is 0 Å². The van der Waals surface area contributed by atoms with E-state index in [4.69, 9.17) is 0 Å². The van der Waals surface area contributed by atoms with E-state index in [2.05, 4.69) is 29.4 Å². The van der Waals surface area contributed by atoms with E-state index < -0.39 is 0 Å². The Morgan fingerprint density at radius 1 is 1.10 bits per heavy atom. The molecule has 21 heavy (non-hydrogen) atoms. The van der Waals surface area contributed by atoms with Crippen LogP contribution in [-0.4, -0.2) is 19.6 Å². The van der Waals surface area contributed by atoms with Gasteiger partial charge in [0.05, 0.1) is 35.5 Å². The van der Waals surface area contributed by atoms with Crippen molar-refractivity contribution in [1.29, 1.82) is 0 Å². The number of para-hydroxylation sites is 1. The third-order valence-corrected chi connectivity index (χ3v) is 3.61. The summed E-state index contributed by atoms with van der Waals surface area (Å²) < 4.78 is 3.76. The van der Waals surface area contributed by atoms with Crippen molar-refractivity contribution in [2.24, 2.45) is 7.05 Å². The number of nitrogens with zero attached hydrogens (tertiary/aromatic N) is 4. The van der Waals surface area contributed by atoms with Crippen LogP contribution in [0.4, 0.5) is 5.69 Å². The molecule has 3 rings (SSSR count). The average molecular weight is 281 g/mol. The molecule has 0 bridgehead atoms. The molecule has 5 heteroatoms. The molecule has 3 aromatic rings. The first-order chi connectivity index (χ1) is 10.1. The van der Waals surface area contributed by atoms with E-state index in [-0.39, 0.29) is 6.04 Å². The first-order valence-corrected chi connectivity index (χ1v) is 7.00. The van der Waals surface area contributed by atoms with Crippen molar-refractivity contribution in [2.75, 3.05) is 5.32 Å². The van der Waals surface area contributed by atoms with E-state index in [0.717, 1.165) is 22.6 Å². The molecule has 5 nitrogen and oxygen atoms in total.